The summed E-state index contributed by atoms with van der Waals surface area (Å²) in [6.07, 6.45) is 8.55. The standard InChI is InChI=1S/C26H33N5O2/c1-17-16-30(21-5-7-27-8-6-21)9-10-31(17)23-4-2-3-22(28-23)25(32)29-24-19-11-18-12-20(24)15-26(33,13-18)14-19/h2-8,17-20,24,33H,9-16H2,1H3,(H,29,32). The molecule has 174 valence electrons. The molecule has 7 rings (SSSR count). The molecule has 4 saturated carbocycles. The van der Waals surface area contributed by atoms with E-state index in [2.05, 4.69) is 27.0 Å². The number of piperazine rings is 1. The zero-order chi connectivity index (χ0) is 22.6. The van der Waals surface area contributed by atoms with E-state index in [9.17, 15) is 9.90 Å². The van der Waals surface area contributed by atoms with Gasteiger partial charge in [0.2, 0.25) is 0 Å². The summed E-state index contributed by atoms with van der Waals surface area (Å²) < 4.78 is 0. The summed E-state index contributed by atoms with van der Waals surface area (Å²) >= 11 is 0. The van der Waals surface area contributed by atoms with Crippen LogP contribution in [0.3, 0.4) is 0 Å². The molecule has 2 aromatic rings. The first-order chi connectivity index (χ1) is 16.0. The minimum absolute atomic E-state index is 0.0793. The molecule has 1 aliphatic heterocycles. The first kappa shape index (κ1) is 20.9. The van der Waals surface area contributed by atoms with E-state index in [1.54, 1.807) is 0 Å². The van der Waals surface area contributed by atoms with Crippen LogP contribution in [-0.2, 0) is 0 Å². The normalized spacial score (nSPS) is 35.0. The first-order valence-corrected chi connectivity index (χ1v) is 12.4. The van der Waals surface area contributed by atoms with Crippen molar-refractivity contribution in [2.24, 2.45) is 17.8 Å². The Kier molecular flexibility index (Phi) is 5.05. The lowest BCUT2D eigenvalue weighted by Gasteiger charge is -2.58. The molecule has 2 N–H and O–H groups in total. The summed E-state index contributed by atoms with van der Waals surface area (Å²) in [5, 5.41) is 14.2. The van der Waals surface area contributed by atoms with E-state index in [-0.39, 0.29) is 18.0 Å². The van der Waals surface area contributed by atoms with Gasteiger partial charge in [-0.2, -0.15) is 0 Å². The van der Waals surface area contributed by atoms with Crippen molar-refractivity contribution in [1.82, 2.24) is 15.3 Å². The summed E-state index contributed by atoms with van der Waals surface area (Å²) in [6.45, 7) is 4.87. The van der Waals surface area contributed by atoms with Gasteiger partial charge in [0.1, 0.15) is 11.5 Å². The highest BCUT2D eigenvalue weighted by Crippen LogP contribution is 2.55. The Hall–Kier alpha value is -2.67. The lowest BCUT2D eigenvalue weighted by molar-refractivity contribution is -0.136. The summed E-state index contributed by atoms with van der Waals surface area (Å²) in [7, 11) is 0. The lowest BCUT2D eigenvalue weighted by atomic mass is 9.52. The molecule has 3 unspecified atom stereocenters. The average Bonchev–Trinajstić information content (AvgIpc) is 2.81. The van der Waals surface area contributed by atoms with Crippen LogP contribution in [0.5, 0.6) is 0 Å². The smallest absolute Gasteiger partial charge is 0.270 e. The molecule has 1 saturated heterocycles. The fourth-order valence-corrected chi connectivity index (χ4v) is 7.24. The average molecular weight is 448 g/mol. The third kappa shape index (κ3) is 3.86. The van der Waals surface area contributed by atoms with Gasteiger partial charge in [0.15, 0.2) is 0 Å². The van der Waals surface area contributed by atoms with Gasteiger partial charge >= 0.3 is 0 Å². The van der Waals surface area contributed by atoms with Gasteiger partial charge in [-0.1, -0.05) is 6.07 Å². The van der Waals surface area contributed by atoms with Crippen molar-refractivity contribution in [2.45, 2.75) is 56.7 Å². The van der Waals surface area contributed by atoms with Crippen molar-refractivity contribution in [3.8, 4) is 0 Å². The van der Waals surface area contributed by atoms with Crippen LogP contribution in [0, 0.1) is 17.8 Å². The molecule has 4 bridgehead atoms. The molecule has 7 heteroatoms. The number of hydrogen-bond acceptors (Lipinski definition) is 6. The van der Waals surface area contributed by atoms with Crippen LogP contribution >= 0.6 is 0 Å². The third-order valence-corrected chi connectivity index (χ3v) is 8.46. The minimum atomic E-state index is -0.482. The minimum Gasteiger partial charge on any atom is -0.390 e. The largest absolute Gasteiger partial charge is 0.390 e. The van der Waals surface area contributed by atoms with Gasteiger partial charge in [0.25, 0.3) is 5.91 Å². The molecule has 5 fully saturated rings. The summed E-state index contributed by atoms with van der Waals surface area (Å²) in [4.78, 5) is 26.8. The van der Waals surface area contributed by atoms with Crippen molar-refractivity contribution in [1.29, 1.82) is 0 Å². The number of aliphatic hydroxyl groups is 1. The summed E-state index contributed by atoms with van der Waals surface area (Å²) in [5.41, 5.74) is 1.20. The van der Waals surface area contributed by atoms with Crippen LogP contribution in [0.15, 0.2) is 42.7 Å². The molecular formula is C26H33N5O2. The lowest BCUT2D eigenvalue weighted by Crippen LogP contribution is -2.61. The van der Waals surface area contributed by atoms with Gasteiger partial charge in [0, 0.05) is 49.8 Å². The highest BCUT2D eigenvalue weighted by Gasteiger charge is 2.55. The van der Waals surface area contributed by atoms with E-state index >= 15 is 0 Å². The Balaban J connectivity index is 1.14. The van der Waals surface area contributed by atoms with Crippen LogP contribution < -0.4 is 15.1 Å². The highest BCUT2D eigenvalue weighted by molar-refractivity contribution is 5.93. The zero-order valence-electron chi connectivity index (χ0n) is 19.2. The maximum Gasteiger partial charge on any atom is 0.270 e. The van der Waals surface area contributed by atoms with Gasteiger partial charge in [-0.3, -0.25) is 9.78 Å². The topological polar surface area (TPSA) is 81.6 Å². The fraction of sp³-hybridized carbons (Fsp3) is 0.577. The van der Waals surface area contributed by atoms with Crippen LogP contribution in [-0.4, -0.2) is 58.3 Å². The number of pyridine rings is 2. The summed E-state index contributed by atoms with van der Waals surface area (Å²) in [6, 6.07) is 10.3. The quantitative estimate of drug-likeness (QED) is 0.750. The second-order valence-corrected chi connectivity index (χ2v) is 10.8. The van der Waals surface area contributed by atoms with E-state index in [0.717, 1.165) is 57.6 Å². The van der Waals surface area contributed by atoms with Crippen LogP contribution in [0.2, 0.25) is 0 Å². The van der Waals surface area contributed by atoms with Crippen molar-refractivity contribution in [2.75, 3.05) is 29.4 Å². The molecule has 5 aliphatic rings. The highest BCUT2D eigenvalue weighted by atomic mass is 16.3. The first-order valence-electron chi connectivity index (χ1n) is 12.4. The molecule has 0 radical (unpaired) electrons. The number of rotatable bonds is 4. The van der Waals surface area contributed by atoms with E-state index in [1.807, 2.05) is 42.7 Å². The van der Waals surface area contributed by atoms with Gasteiger partial charge in [-0.25, -0.2) is 4.98 Å². The number of carbonyl (C=O) groups excluding carboxylic acids is 1. The number of carbonyl (C=O) groups is 1. The molecular weight excluding hydrogens is 414 g/mol. The molecule has 0 spiro atoms. The SMILES string of the molecule is CC1CN(c2ccncc2)CCN1c1cccc(C(=O)NC2C3CC4CC2CC(O)(C4)C3)n1. The summed E-state index contributed by atoms with van der Waals surface area (Å²) in [5.74, 6) is 2.21. The molecule has 0 aromatic carbocycles. The Morgan fingerprint density at radius 1 is 1.09 bits per heavy atom. The molecule has 33 heavy (non-hydrogen) atoms. The molecule has 3 atom stereocenters. The molecule has 4 aliphatic carbocycles. The van der Waals surface area contributed by atoms with E-state index in [0.29, 0.717) is 23.4 Å². The van der Waals surface area contributed by atoms with Crippen LogP contribution in [0.4, 0.5) is 11.5 Å². The predicted octanol–water partition coefficient (Wildman–Crippen LogP) is 2.86. The number of amides is 1. The van der Waals surface area contributed by atoms with Gasteiger partial charge in [-0.15, -0.1) is 0 Å². The number of anilines is 2. The van der Waals surface area contributed by atoms with Crippen molar-refractivity contribution in [3.05, 3.63) is 48.4 Å². The van der Waals surface area contributed by atoms with Crippen LogP contribution in [0.25, 0.3) is 0 Å². The predicted molar refractivity (Wildman–Crippen MR) is 127 cm³/mol. The molecule has 2 aromatic heterocycles. The van der Waals surface area contributed by atoms with Crippen molar-refractivity contribution >= 4 is 17.4 Å². The van der Waals surface area contributed by atoms with Gasteiger partial charge in [-0.05, 0) is 81.0 Å². The van der Waals surface area contributed by atoms with Crippen molar-refractivity contribution < 1.29 is 9.90 Å². The number of nitrogens with zero attached hydrogens (tertiary/aromatic N) is 4. The molecule has 7 nitrogen and oxygen atoms in total. The molecule has 3 heterocycles. The maximum atomic E-state index is 13.2. The maximum absolute atomic E-state index is 13.2. The van der Waals surface area contributed by atoms with E-state index in [1.165, 1.54) is 5.69 Å². The third-order valence-electron chi connectivity index (χ3n) is 8.46. The second kappa shape index (κ2) is 7.97. The Morgan fingerprint density at radius 2 is 1.85 bits per heavy atom. The molecule has 1 amide bonds. The van der Waals surface area contributed by atoms with E-state index < -0.39 is 5.60 Å². The zero-order valence-corrected chi connectivity index (χ0v) is 19.2. The van der Waals surface area contributed by atoms with Gasteiger partial charge in [0.05, 0.1) is 5.60 Å². The van der Waals surface area contributed by atoms with Gasteiger partial charge < -0.3 is 20.2 Å². The number of hydrogen-bond donors (Lipinski definition) is 2. The Labute approximate surface area is 195 Å². The fourth-order valence-electron chi connectivity index (χ4n) is 7.24. The number of nitrogens with one attached hydrogen (secondary N) is 1. The van der Waals surface area contributed by atoms with E-state index in [4.69, 9.17) is 4.98 Å². The second-order valence-electron chi connectivity index (χ2n) is 10.8. The van der Waals surface area contributed by atoms with Crippen molar-refractivity contribution in [3.63, 3.8) is 0 Å². The van der Waals surface area contributed by atoms with Crippen LogP contribution in [0.1, 0.15) is 49.5 Å². The Bertz CT molecular complexity index is 1010. The number of aromatic nitrogens is 2. The Morgan fingerprint density at radius 3 is 2.55 bits per heavy atom. The monoisotopic (exact) mass is 447 g/mol.